The van der Waals surface area contributed by atoms with Crippen molar-refractivity contribution in [2.24, 2.45) is 0 Å². The number of fused-ring (bicyclic) bond motifs is 1. The van der Waals surface area contributed by atoms with Gasteiger partial charge in [-0.3, -0.25) is 0 Å². The van der Waals surface area contributed by atoms with Crippen LogP contribution in [0.3, 0.4) is 0 Å². The van der Waals surface area contributed by atoms with Gasteiger partial charge < -0.3 is 9.47 Å². The second kappa shape index (κ2) is 5.21. The van der Waals surface area contributed by atoms with Crippen molar-refractivity contribution in [2.75, 3.05) is 0 Å². The minimum Gasteiger partial charge on any atom is -0.431 e. The molecule has 0 spiro atoms. The molecule has 0 fully saturated rings. The Hall–Kier alpha value is -1.51. The summed E-state index contributed by atoms with van der Waals surface area (Å²) < 4.78 is 10.2. The van der Waals surface area contributed by atoms with Crippen LogP contribution in [-0.4, -0.2) is 12.3 Å². The van der Waals surface area contributed by atoms with E-state index in [-0.39, 0.29) is 6.10 Å². The number of hydrogen-bond acceptors (Lipinski definition) is 3. The molecule has 1 aromatic carbocycles. The first-order valence-electron chi connectivity index (χ1n) is 6.19. The third-order valence-electron chi connectivity index (χ3n) is 3.14. The number of carbonyl (C=O) groups is 1. The highest BCUT2D eigenvalue weighted by Gasteiger charge is 2.14. The lowest BCUT2D eigenvalue weighted by atomic mass is 10.1. The van der Waals surface area contributed by atoms with E-state index in [4.69, 9.17) is 9.47 Å². The van der Waals surface area contributed by atoms with Crippen LogP contribution in [0.2, 0.25) is 0 Å². The van der Waals surface area contributed by atoms with Crippen LogP contribution in [0.5, 0.6) is 5.75 Å². The predicted molar refractivity (Wildman–Crippen MR) is 65.3 cm³/mol. The summed E-state index contributed by atoms with van der Waals surface area (Å²) in [5, 5.41) is 0. The molecule has 0 saturated heterocycles. The van der Waals surface area contributed by atoms with Crippen LogP contribution in [0, 0.1) is 0 Å². The van der Waals surface area contributed by atoms with Crippen LogP contribution in [0.4, 0.5) is 4.79 Å². The molecule has 1 unspecified atom stereocenters. The molecule has 1 aliphatic rings. The summed E-state index contributed by atoms with van der Waals surface area (Å²) in [5.74, 6) is 0.582. The number of aryl methyl sites for hydroxylation is 2. The number of benzene rings is 1. The van der Waals surface area contributed by atoms with Crippen molar-refractivity contribution in [1.29, 1.82) is 0 Å². The summed E-state index contributed by atoms with van der Waals surface area (Å²) in [4.78, 5) is 11.4. The molecule has 3 heteroatoms. The van der Waals surface area contributed by atoms with Crippen LogP contribution in [0.25, 0.3) is 0 Å². The van der Waals surface area contributed by atoms with Gasteiger partial charge in [-0.15, -0.1) is 0 Å². The SMILES string of the molecule is CCC(C)OC(=O)Oc1ccc2c(c1)CCC2. The Morgan fingerprint density at radius 2 is 2.12 bits per heavy atom. The molecule has 0 aliphatic heterocycles. The lowest BCUT2D eigenvalue weighted by Crippen LogP contribution is -2.17. The van der Waals surface area contributed by atoms with Crippen molar-refractivity contribution in [3.63, 3.8) is 0 Å². The molecule has 0 heterocycles. The minimum atomic E-state index is -0.614. The first-order valence-corrected chi connectivity index (χ1v) is 6.19. The van der Waals surface area contributed by atoms with Crippen molar-refractivity contribution < 1.29 is 14.3 Å². The zero-order valence-corrected chi connectivity index (χ0v) is 10.4. The van der Waals surface area contributed by atoms with E-state index in [0.717, 1.165) is 19.3 Å². The molecule has 2 rings (SSSR count). The maximum absolute atomic E-state index is 11.4. The molecule has 0 saturated carbocycles. The second-order valence-electron chi connectivity index (χ2n) is 4.47. The summed E-state index contributed by atoms with van der Waals surface area (Å²) in [5.41, 5.74) is 2.66. The summed E-state index contributed by atoms with van der Waals surface area (Å²) in [6, 6.07) is 5.82. The van der Waals surface area contributed by atoms with Crippen LogP contribution < -0.4 is 4.74 Å². The third kappa shape index (κ3) is 2.99. The van der Waals surface area contributed by atoms with Crippen LogP contribution >= 0.6 is 0 Å². The molecule has 17 heavy (non-hydrogen) atoms. The van der Waals surface area contributed by atoms with Gasteiger partial charge in [-0.25, -0.2) is 4.79 Å². The van der Waals surface area contributed by atoms with Crippen LogP contribution in [0.1, 0.15) is 37.8 Å². The Kier molecular flexibility index (Phi) is 3.67. The molecular weight excluding hydrogens is 216 g/mol. The topological polar surface area (TPSA) is 35.5 Å². The molecule has 1 aromatic rings. The summed E-state index contributed by atoms with van der Waals surface area (Å²) in [6.45, 7) is 3.82. The number of hydrogen-bond donors (Lipinski definition) is 0. The third-order valence-corrected chi connectivity index (χ3v) is 3.14. The number of carbonyl (C=O) groups excluding carboxylic acids is 1. The van der Waals surface area contributed by atoms with Gasteiger partial charge in [0.05, 0.1) is 0 Å². The normalized spacial score (nSPS) is 15.2. The largest absolute Gasteiger partial charge is 0.514 e. The first-order chi connectivity index (χ1) is 8.19. The fourth-order valence-electron chi connectivity index (χ4n) is 1.98. The minimum absolute atomic E-state index is 0.100. The Balaban J connectivity index is 1.97. The lowest BCUT2D eigenvalue weighted by Gasteiger charge is -2.11. The highest BCUT2D eigenvalue weighted by molar-refractivity contribution is 5.64. The molecule has 1 atom stereocenters. The summed E-state index contributed by atoms with van der Waals surface area (Å²) in [6.07, 6.45) is 3.48. The van der Waals surface area contributed by atoms with Gasteiger partial charge in [0, 0.05) is 0 Å². The van der Waals surface area contributed by atoms with Crippen molar-refractivity contribution in [1.82, 2.24) is 0 Å². The zero-order chi connectivity index (χ0) is 12.3. The van der Waals surface area contributed by atoms with E-state index < -0.39 is 6.16 Å². The van der Waals surface area contributed by atoms with Crippen LogP contribution in [0.15, 0.2) is 18.2 Å². The van der Waals surface area contributed by atoms with E-state index in [2.05, 4.69) is 0 Å². The first kappa shape index (κ1) is 12.0. The fourth-order valence-corrected chi connectivity index (χ4v) is 1.98. The number of rotatable bonds is 3. The molecule has 92 valence electrons. The number of ether oxygens (including phenoxy) is 2. The van der Waals surface area contributed by atoms with E-state index >= 15 is 0 Å². The standard InChI is InChI=1S/C14H18O3/c1-3-10(2)16-14(15)17-13-8-7-11-5-4-6-12(11)9-13/h7-10H,3-6H2,1-2H3. The average Bonchev–Trinajstić information content (AvgIpc) is 2.75. The van der Waals surface area contributed by atoms with Gasteiger partial charge >= 0.3 is 6.16 Å². The quantitative estimate of drug-likeness (QED) is 0.593. The van der Waals surface area contributed by atoms with Crippen molar-refractivity contribution in [2.45, 2.75) is 45.6 Å². The van der Waals surface area contributed by atoms with Gasteiger partial charge in [0.1, 0.15) is 11.9 Å². The maximum atomic E-state index is 11.4. The highest BCUT2D eigenvalue weighted by atomic mass is 16.7. The Morgan fingerprint density at radius 1 is 1.35 bits per heavy atom. The molecule has 0 bridgehead atoms. The second-order valence-corrected chi connectivity index (χ2v) is 4.47. The Labute approximate surface area is 102 Å². The monoisotopic (exact) mass is 234 g/mol. The lowest BCUT2D eigenvalue weighted by molar-refractivity contribution is 0.0643. The van der Waals surface area contributed by atoms with Gasteiger partial charge in [0.15, 0.2) is 0 Å². The zero-order valence-electron chi connectivity index (χ0n) is 10.4. The van der Waals surface area contributed by atoms with E-state index in [1.165, 1.54) is 17.5 Å². The molecule has 0 aromatic heterocycles. The molecule has 3 nitrogen and oxygen atoms in total. The van der Waals surface area contributed by atoms with E-state index in [9.17, 15) is 4.79 Å². The molecule has 0 amide bonds. The van der Waals surface area contributed by atoms with Gasteiger partial charge in [-0.2, -0.15) is 0 Å². The van der Waals surface area contributed by atoms with E-state index in [1.54, 1.807) is 0 Å². The predicted octanol–water partition coefficient (Wildman–Crippen LogP) is 3.49. The van der Waals surface area contributed by atoms with E-state index in [1.807, 2.05) is 32.0 Å². The van der Waals surface area contributed by atoms with Gasteiger partial charge in [0.25, 0.3) is 0 Å². The smallest absolute Gasteiger partial charge is 0.431 e. The molecule has 0 N–H and O–H groups in total. The average molecular weight is 234 g/mol. The molecular formula is C14H18O3. The molecule has 0 radical (unpaired) electrons. The van der Waals surface area contributed by atoms with Gasteiger partial charge in [-0.05, 0) is 55.9 Å². The Bertz CT molecular complexity index is 412. The highest BCUT2D eigenvalue weighted by Crippen LogP contribution is 2.26. The fraction of sp³-hybridized carbons (Fsp3) is 0.500. The van der Waals surface area contributed by atoms with Gasteiger partial charge in [-0.1, -0.05) is 13.0 Å². The van der Waals surface area contributed by atoms with Gasteiger partial charge in [0.2, 0.25) is 0 Å². The summed E-state index contributed by atoms with van der Waals surface area (Å²) in [7, 11) is 0. The van der Waals surface area contributed by atoms with Crippen LogP contribution in [-0.2, 0) is 17.6 Å². The molecule has 1 aliphatic carbocycles. The van der Waals surface area contributed by atoms with Crippen molar-refractivity contribution in [3.05, 3.63) is 29.3 Å². The summed E-state index contributed by atoms with van der Waals surface area (Å²) >= 11 is 0. The van der Waals surface area contributed by atoms with E-state index in [0.29, 0.717) is 5.75 Å². The van der Waals surface area contributed by atoms with Crippen molar-refractivity contribution >= 4 is 6.16 Å². The Morgan fingerprint density at radius 3 is 2.88 bits per heavy atom. The van der Waals surface area contributed by atoms with Crippen molar-refractivity contribution in [3.8, 4) is 5.75 Å². The maximum Gasteiger partial charge on any atom is 0.514 e.